The van der Waals surface area contributed by atoms with Gasteiger partial charge >= 0.3 is 0 Å². The zero-order valence-corrected chi connectivity index (χ0v) is 22.2. The Balaban J connectivity index is 1.51. The van der Waals surface area contributed by atoms with Gasteiger partial charge < -0.3 is 30.8 Å². The first-order valence-electron chi connectivity index (χ1n) is 13.7. The van der Waals surface area contributed by atoms with Crippen molar-refractivity contribution < 1.29 is 19.8 Å². The molecule has 0 aliphatic heterocycles. The first-order chi connectivity index (χ1) is 18.3. The highest BCUT2D eigenvalue weighted by Gasteiger charge is 2.31. The summed E-state index contributed by atoms with van der Waals surface area (Å²) in [4.78, 5) is 41.0. The van der Waals surface area contributed by atoms with Gasteiger partial charge in [-0.05, 0) is 36.5 Å². The van der Waals surface area contributed by atoms with Gasteiger partial charge in [0.15, 0.2) is 0 Å². The highest BCUT2D eigenvalue weighted by Crippen LogP contribution is 2.29. The Morgan fingerprint density at radius 3 is 2.61 bits per heavy atom. The second kappa shape index (κ2) is 13.0. The number of hydrogen-bond acceptors (Lipinski definition) is 6. The number of H-pyrrole nitrogens is 2. The molecule has 0 spiro atoms. The number of rotatable bonds is 12. The summed E-state index contributed by atoms with van der Waals surface area (Å²) in [6.45, 7) is 3.81. The van der Waals surface area contributed by atoms with Crippen LogP contribution in [0.4, 0.5) is 0 Å². The first-order valence-corrected chi connectivity index (χ1v) is 13.7. The molecular weight excluding hydrogens is 484 g/mol. The molecule has 6 N–H and O–H groups in total. The minimum Gasteiger partial charge on any atom is -0.393 e. The fraction of sp³-hybridized carbons (Fsp3) is 0.571. The molecule has 0 aromatic carbocycles. The predicted molar refractivity (Wildman–Crippen MR) is 144 cm³/mol. The molecule has 0 radical (unpaired) electrons. The number of amides is 2. The molecule has 3 aromatic rings. The van der Waals surface area contributed by atoms with E-state index in [4.69, 9.17) is 0 Å². The SMILES string of the molecule is CC(C)[C@@H](O)C[C@H](O)[C@H](CC1CCCCC1)NC(=O)[C@H](Cc1cnc[nH]1)NC(=O)c1cc2cccnc2[nH]1. The number of aliphatic hydroxyl groups is 2. The molecular formula is C28H40N6O4. The van der Waals surface area contributed by atoms with Gasteiger partial charge in [0, 0.05) is 36.3 Å². The molecule has 1 saturated carbocycles. The van der Waals surface area contributed by atoms with Crippen molar-refractivity contribution in [1.82, 2.24) is 30.6 Å². The Morgan fingerprint density at radius 1 is 1.13 bits per heavy atom. The van der Waals surface area contributed by atoms with Crippen LogP contribution in [0.15, 0.2) is 36.9 Å². The molecule has 4 rings (SSSR count). The summed E-state index contributed by atoms with van der Waals surface area (Å²) in [5.74, 6) is -0.420. The van der Waals surface area contributed by atoms with Crippen LogP contribution in [-0.4, -0.2) is 66.3 Å². The van der Waals surface area contributed by atoms with Crippen LogP contribution in [0, 0.1) is 11.8 Å². The summed E-state index contributed by atoms with van der Waals surface area (Å²) < 4.78 is 0. The summed E-state index contributed by atoms with van der Waals surface area (Å²) >= 11 is 0. The van der Waals surface area contributed by atoms with E-state index in [1.54, 1.807) is 24.5 Å². The van der Waals surface area contributed by atoms with Crippen LogP contribution in [0.1, 0.15) is 75.0 Å². The van der Waals surface area contributed by atoms with Crippen LogP contribution < -0.4 is 10.6 Å². The average Bonchev–Trinajstić information content (AvgIpc) is 3.58. The van der Waals surface area contributed by atoms with Gasteiger partial charge in [-0.15, -0.1) is 0 Å². The highest BCUT2D eigenvalue weighted by atomic mass is 16.3. The molecule has 0 bridgehead atoms. The number of pyridine rings is 1. The van der Waals surface area contributed by atoms with E-state index in [-0.39, 0.29) is 24.7 Å². The normalized spacial score (nSPS) is 17.7. The van der Waals surface area contributed by atoms with Crippen molar-refractivity contribution in [3.8, 4) is 0 Å². The lowest BCUT2D eigenvalue weighted by molar-refractivity contribution is -0.125. The summed E-state index contributed by atoms with van der Waals surface area (Å²) in [6.07, 6.45) is 9.86. The third-order valence-electron chi connectivity index (χ3n) is 7.59. The van der Waals surface area contributed by atoms with E-state index >= 15 is 0 Å². The number of aromatic nitrogens is 4. The number of aromatic amines is 2. The molecule has 10 heteroatoms. The maximum absolute atomic E-state index is 13.6. The van der Waals surface area contributed by atoms with Crippen molar-refractivity contribution in [3.63, 3.8) is 0 Å². The molecule has 4 atom stereocenters. The molecule has 3 aromatic heterocycles. The van der Waals surface area contributed by atoms with Crippen LogP contribution in [-0.2, 0) is 11.2 Å². The van der Waals surface area contributed by atoms with Crippen LogP contribution in [0.25, 0.3) is 11.0 Å². The Labute approximate surface area is 223 Å². The second-order valence-corrected chi connectivity index (χ2v) is 10.9. The summed E-state index contributed by atoms with van der Waals surface area (Å²) in [5.41, 5.74) is 1.59. The van der Waals surface area contributed by atoms with Crippen molar-refractivity contribution in [3.05, 3.63) is 48.3 Å². The lowest BCUT2D eigenvalue weighted by Gasteiger charge is -2.32. The number of aliphatic hydroxyl groups excluding tert-OH is 2. The maximum Gasteiger partial charge on any atom is 0.268 e. The zero-order valence-electron chi connectivity index (χ0n) is 22.2. The monoisotopic (exact) mass is 524 g/mol. The van der Waals surface area contributed by atoms with Crippen LogP contribution in [0.5, 0.6) is 0 Å². The molecule has 2 amide bonds. The molecule has 0 unspecified atom stereocenters. The topological polar surface area (TPSA) is 156 Å². The van der Waals surface area contributed by atoms with E-state index in [1.807, 2.05) is 19.9 Å². The molecule has 3 heterocycles. The van der Waals surface area contributed by atoms with Crippen LogP contribution in [0.3, 0.4) is 0 Å². The van der Waals surface area contributed by atoms with Crippen LogP contribution in [0.2, 0.25) is 0 Å². The van der Waals surface area contributed by atoms with E-state index in [2.05, 4.69) is 30.6 Å². The minimum atomic E-state index is -0.904. The van der Waals surface area contributed by atoms with E-state index in [0.717, 1.165) is 31.1 Å². The van der Waals surface area contributed by atoms with Crippen molar-refractivity contribution in [2.75, 3.05) is 0 Å². The van der Waals surface area contributed by atoms with Gasteiger partial charge in [0.1, 0.15) is 17.4 Å². The third kappa shape index (κ3) is 7.41. The standard InChI is InChI=1S/C28H40N6O4/c1-17(2)24(35)14-25(36)21(11-18-7-4-3-5-8-18)33-28(38)23(13-20-15-29-16-31-20)34-27(37)22-12-19-9-6-10-30-26(19)32-22/h6,9-10,12,15-18,21,23-25,35-36H,3-5,7-8,11,13-14H2,1-2H3,(H,29,31)(H,30,32)(H,33,38)(H,34,37)/t21-,23-,24-,25-/m0/s1. The molecule has 10 nitrogen and oxygen atoms in total. The largest absolute Gasteiger partial charge is 0.393 e. The summed E-state index contributed by atoms with van der Waals surface area (Å²) in [6, 6.07) is 3.91. The summed E-state index contributed by atoms with van der Waals surface area (Å²) in [5, 5.41) is 28.2. The second-order valence-electron chi connectivity index (χ2n) is 10.9. The number of imidazole rings is 1. The Hall–Kier alpha value is -3.24. The van der Waals surface area contributed by atoms with Crippen molar-refractivity contribution >= 4 is 22.8 Å². The number of nitrogens with zero attached hydrogens (tertiary/aromatic N) is 2. The third-order valence-corrected chi connectivity index (χ3v) is 7.59. The number of nitrogens with one attached hydrogen (secondary N) is 4. The highest BCUT2D eigenvalue weighted by molar-refractivity contribution is 5.99. The van der Waals surface area contributed by atoms with Gasteiger partial charge in [-0.1, -0.05) is 46.0 Å². The predicted octanol–water partition coefficient (Wildman–Crippen LogP) is 2.85. The minimum absolute atomic E-state index is 0.00565. The van der Waals surface area contributed by atoms with E-state index in [1.165, 1.54) is 12.7 Å². The van der Waals surface area contributed by atoms with Crippen molar-refractivity contribution in [2.45, 2.75) is 89.5 Å². The van der Waals surface area contributed by atoms with Crippen molar-refractivity contribution in [1.29, 1.82) is 0 Å². The Kier molecular flexibility index (Phi) is 9.52. The van der Waals surface area contributed by atoms with Crippen LogP contribution >= 0.6 is 0 Å². The fourth-order valence-corrected chi connectivity index (χ4v) is 5.20. The quantitative estimate of drug-likeness (QED) is 0.214. The number of fused-ring (bicyclic) bond motifs is 1. The lowest BCUT2D eigenvalue weighted by atomic mass is 9.82. The molecule has 206 valence electrons. The van der Waals surface area contributed by atoms with Crippen molar-refractivity contribution in [2.24, 2.45) is 11.8 Å². The van der Waals surface area contributed by atoms with E-state index in [0.29, 0.717) is 29.4 Å². The molecule has 1 fully saturated rings. The lowest BCUT2D eigenvalue weighted by Crippen LogP contribution is -2.54. The Morgan fingerprint density at radius 2 is 1.92 bits per heavy atom. The van der Waals surface area contributed by atoms with Gasteiger partial charge in [-0.2, -0.15) is 0 Å². The molecule has 38 heavy (non-hydrogen) atoms. The molecule has 1 aliphatic rings. The van der Waals surface area contributed by atoms with Gasteiger partial charge in [-0.25, -0.2) is 9.97 Å². The van der Waals surface area contributed by atoms with Gasteiger partial charge in [-0.3, -0.25) is 9.59 Å². The maximum atomic E-state index is 13.6. The zero-order chi connectivity index (χ0) is 27.1. The van der Waals surface area contributed by atoms with E-state index < -0.39 is 30.2 Å². The van der Waals surface area contributed by atoms with Gasteiger partial charge in [0.2, 0.25) is 5.91 Å². The number of carbonyl (C=O) groups is 2. The Bertz CT molecular complexity index is 1140. The summed E-state index contributed by atoms with van der Waals surface area (Å²) in [7, 11) is 0. The number of hydrogen-bond donors (Lipinski definition) is 6. The molecule has 0 saturated heterocycles. The number of carbonyl (C=O) groups excluding carboxylic acids is 2. The van der Waals surface area contributed by atoms with E-state index in [9.17, 15) is 19.8 Å². The average molecular weight is 525 g/mol. The smallest absolute Gasteiger partial charge is 0.268 e. The van der Waals surface area contributed by atoms with Gasteiger partial charge in [0.05, 0.1) is 24.6 Å². The fourth-order valence-electron chi connectivity index (χ4n) is 5.20. The first kappa shape index (κ1) is 27.8. The van der Waals surface area contributed by atoms with Gasteiger partial charge in [0.25, 0.3) is 5.91 Å². The molecule has 1 aliphatic carbocycles.